The van der Waals surface area contributed by atoms with Crippen LogP contribution in [0, 0.1) is 13.8 Å². The molecule has 0 aliphatic carbocycles. The van der Waals surface area contributed by atoms with Crippen molar-refractivity contribution < 1.29 is 0 Å². The van der Waals surface area contributed by atoms with Gasteiger partial charge in [-0.2, -0.15) is 0 Å². The minimum absolute atomic E-state index is 0.724. The molecule has 5 heteroatoms. The molecular weight excluding hydrogens is 406 g/mol. The van der Waals surface area contributed by atoms with Gasteiger partial charge in [0.15, 0.2) is 0 Å². The van der Waals surface area contributed by atoms with Gasteiger partial charge in [-0.05, 0) is 60.3 Å². The maximum Gasteiger partial charge on any atom is 0.235 e. The number of thioether (sulfide) groups is 1. The molecule has 0 radical (unpaired) electrons. The van der Waals surface area contributed by atoms with E-state index in [-0.39, 0.29) is 0 Å². The summed E-state index contributed by atoms with van der Waals surface area (Å²) in [5.41, 5.74) is 6.41. The Morgan fingerprint density at radius 1 is 0.962 bits per heavy atom. The second-order valence-corrected chi connectivity index (χ2v) is 7.97. The summed E-state index contributed by atoms with van der Waals surface area (Å²) < 4.78 is 3.17. The Morgan fingerprint density at radius 3 is 2.54 bits per heavy atom. The predicted molar refractivity (Wildman–Crippen MR) is 113 cm³/mol. The fourth-order valence-electron chi connectivity index (χ4n) is 3.10. The molecule has 2 heterocycles. The summed E-state index contributed by atoms with van der Waals surface area (Å²) in [5, 5.41) is 0. The van der Waals surface area contributed by atoms with Crippen LogP contribution in [0.5, 0.6) is 0 Å². The molecule has 0 amide bonds. The molecule has 0 fully saturated rings. The van der Waals surface area contributed by atoms with Gasteiger partial charge in [0.25, 0.3) is 0 Å². The van der Waals surface area contributed by atoms with Crippen LogP contribution in [0.4, 0.5) is 0 Å². The number of nitrogens with zero attached hydrogens (tertiary/aromatic N) is 3. The maximum absolute atomic E-state index is 4.86. The van der Waals surface area contributed by atoms with Gasteiger partial charge in [0, 0.05) is 32.4 Å². The molecule has 4 aromatic rings. The zero-order valence-corrected chi connectivity index (χ0v) is 17.2. The predicted octanol–water partition coefficient (Wildman–Crippen LogP) is 6.16. The Morgan fingerprint density at radius 2 is 1.81 bits per heavy atom. The second-order valence-electron chi connectivity index (χ2n) is 6.27. The molecular formula is C21H18BrN3S. The van der Waals surface area contributed by atoms with Crippen LogP contribution >= 0.6 is 27.7 Å². The lowest BCUT2D eigenvalue weighted by Crippen LogP contribution is -1.93. The first kappa shape index (κ1) is 17.3. The van der Waals surface area contributed by atoms with Crippen LogP contribution in [0.1, 0.15) is 11.3 Å². The highest BCUT2D eigenvalue weighted by Crippen LogP contribution is 2.36. The van der Waals surface area contributed by atoms with E-state index in [2.05, 4.69) is 87.2 Å². The first-order valence-electron chi connectivity index (χ1n) is 8.33. The number of fused-ring (bicyclic) bond motifs is 1. The first-order valence-corrected chi connectivity index (χ1v) is 10.4. The van der Waals surface area contributed by atoms with E-state index in [1.54, 1.807) is 11.8 Å². The maximum atomic E-state index is 4.86. The van der Waals surface area contributed by atoms with Gasteiger partial charge in [0.05, 0.1) is 11.4 Å². The van der Waals surface area contributed by atoms with Gasteiger partial charge in [-0.25, -0.2) is 9.97 Å². The molecule has 0 N–H and O–H groups in total. The number of rotatable bonds is 3. The van der Waals surface area contributed by atoms with Crippen molar-refractivity contribution in [1.82, 2.24) is 14.4 Å². The third-order valence-corrected chi connectivity index (χ3v) is 6.06. The average molecular weight is 424 g/mol. The molecule has 26 heavy (non-hydrogen) atoms. The molecule has 3 nitrogen and oxygen atoms in total. The number of benzene rings is 2. The topological polar surface area (TPSA) is 30.2 Å². The van der Waals surface area contributed by atoms with Crippen LogP contribution in [-0.4, -0.2) is 20.6 Å². The molecule has 0 spiro atoms. The van der Waals surface area contributed by atoms with Crippen molar-refractivity contribution in [3.8, 4) is 22.5 Å². The summed E-state index contributed by atoms with van der Waals surface area (Å²) in [6.45, 7) is 4.09. The molecule has 0 aliphatic heterocycles. The Balaban J connectivity index is 2.03. The highest BCUT2D eigenvalue weighted by Gasteiger charge is 2.17. The molecule has 0 saturated carbocycles. The van der Waals surface area contributed by atoms with Gasteiger partial charge in [-0.3, -0.25) is 4.40 Å². The monoisotopic (exact) mass is 423 g/mol. The summed E-state index contributed by atoms with van der Waals surface area (Å²) in [6.07, 6.45) is 4.13. The van der Waals surface area contributed by atoms with Crippen LogP contribution in [0.2, 0.25) is 0 Å². The van der Waals surface area contributed by atoms with Crippen LogP contribution in [-0.2, 0) is 0 Å². The fraction of sp³-hybridized carbons (Fsp3) is 0.143. The smallest absolute Gasteiger partial charge is 0.235 e. The number of hydrogen-bond acceptors (Lipinski definition) is 3. The number of aromatic nitrogens is 3. The molecule has 0 saturated heterocycles. The van der Waals surface area contributed by atoms with E-state index in [1.165, 1.54) is 10.5 Å². The molecule has 130 valence electrons. The Bertz CT molecular complexity index is 1120. The van der Waals surface area contributed by atoms with Crippen molar-refractivity contribution in [2.24, 2.45) is 0 Å². The number of hydrogen-bond donors (Lipinski definition) is 0. The molecule has 4 rings (SSSR count). The van der Waals surface area contributed by atoms with Crippen molar-refractivity contribution in [1.29, 1.82) is 0 Å². The van der Waals surface area contributed by atoms with Crippen molar-refractivity contribution >= 4 is 33.5 Å². The Hall–Kier alpha value is -2.11. The van der Waals surface area contributed by atoms with Crippen LogP contribution < -0.4 is 0 Å². The SMILES string of the molecule is CSc1ccc(-c2c(-c3cccc(C)c3)nc3nc(C)ccn23)cc1Br. The van der Waals surface area contributed by atoms with Crippen LogP contribution in [0.15, 0.2) is 64.1 Å². The van der Waals surface area contributed by atoms with Gasteiger partial charge in [-0.15, -0.1) is 11.8 Å². The van der Waals surface area contributed by atoms with Gasteiger partial charge in [-0.1, -0.05) is 29.8 Å². The van der Waals surface area contributed by atoms with Gasteiger partial charge in [0.2, 0.25) is 5.78 Å². The highest BCUT2D eigenvalue weighted by molar-refractivity contribution is 9.10. The lowest BCUT2D eigenvalue weighted by atomic mass is 10.0. The van der Waals surface area contributed by atoms with Crippen molar-refractivity contribution in [3.63, 3.8) is 0 Å². The molecule has 0 bridgehead atoms. The van der Waals surface area contributed by atoms with Crippen molar-refractivity contribution in [2.45, 2.75) is 18.7 Å². The number of imidazole rings is 1. The zero-order chi connectivity index (χ0) is 18.3. The van der Waals surface area contributed by atoms with E-state index in [1.807, 2.05) is 13.0 Å². The summed E-state index contributed by atoms with van der Waals surface area (Å²) in [4.78, 5) is 10.7. The summed E-state index contributed by atoms with van der Waals surface area (Å²) in [6, 6.07) is 16.9. The standard InChI is InChI=1S/C21H18BrN3S/c1-13-5-4-6-15(11-13)19-20(16-7-8-18(26-3)17(22)12-16)25-10-9-14(2)23-21(25)24-19/h4-12H,1-3H3. The summed E-state index contributed by atoms with van der Waals surface area (Å²) in [5.74, 6) is 0.724. The minimum Gasteiger partial charge on any atom is -0.283 e. The Kier molecular flexibility index (Phi) is 4.59. The first-order chi connectivity index (χ1) is 12.6. The van der Waals surface area contributed by atoms with Crippen molar-refractivity contribution in [3.05, 3.63) is 70.5 Å². The van der Waals surface area contributed by atoms with Crippen molar-refractivity contribution in [2.75, 3.05) is 6.26 Å². The quantitative estimate of drug-likeness (QED) is 0.369. The third kappa shape index (κ3) is 3.06. The van der Waals surface area contributed by atoms with Gasteiger partial charge >= 0.3 is 0 Å². The van der Waals surface area contributed by atoms with E-state index in [4.69, 9.17) is 4.98 Å². The van der Waals surface area contributed by atoms with Crippen LogP contribution in [0.25, 0.3) is 28.3 Å². The lowest BCUT2D eigenvalue weighted by Gasteiger charge is -2.09. The van der Waals surface area contributed by atoms with Crippen LogP contribution in [0.3, 0.4) is 0 Å². The molecule has 0 unspecified atom stereocenters. The largest absolute Gasteiger partial charge is 0.283 e. The van der Waals surface area contributed by atoms with Gasteiger partial charge in [0.1, 0.15) is 0 Å². The normalized spacial score (nSPS) is 11.2. The van der Waals surface area contributed by atoms with E-state index in [9.17, 15) is 0 Å². The average Bonchev–Trinajstić information content (AvgIpc) is 3.00. The fourth-order valence-corrected chi connectivity index (χ4v) is 4.42. The lowest BCUT2D eigenvalue weighted by molar-refractivity contribution is 1.07. The molecule has 2 aromatic heterocycles. The minimum atomic E-state index is 0.724. The van der Waals surface area contributed by atoms with E-state index >= 15 is 0 Å². The van der Waals surface area contributed by atoms with E-state index in [0.29, 0.717) is 0 Å². The van der Waals surface area contributed by atoms with E-state index in [0.717, 1.165) is 38.5 Å². The summed E-state index contributed by atoms with van der Waals surface area (Å²) >= 11 is 5.42. The molecule has 0 atom stereocenters. The highest BCUT2D eigenvalue weighted by atomic mass is 79.9. The molecule has 2 aromatic carbocycles. The third-order valence-electron chi connectivity index (χ3n) is 4.35. The zero-order valence-electron chi connectivity index (χ0n) is 14.8. The summed E-state index contributed by atoms with van der Waals surface area (Å²) in [7, 11) is 0. The van der Waals surface area contributed by atoms with Gasteiger partial charge < -0.3 is 0 Å². The molecule has 0 aliphatic rings. The van der Waals surface area contributed by atoms with E-state index < -0.39 is 0 Å². The number of halogens is 1. The second kappa shape index (κ2) is 6.89. The number of aryl methyl sites for hydroxylation is 2. The Labute approximate surface area is 165 Å².